The number of benzene rings is 2. The number of unbranched alkanes of at least 4 members (excludes halogenated alkanes) is 6. The minimum atomic E-state index is -0.273. The molecule has 0 radical (unpaired) electrons. The molecule has 0 aliphatic carbocycles. The largest absolute Gasteiger partial charge is 0.462 e. The number of aryl methyl sites for hydroxylation is 2. The zero-order valence-electron chi connectivity index (χ0n) is 20.9. The quantitative estimate of drug-likeness (QED) is 0.222. The first-order valence-corrected chi connectivity index (χ1v) is 12.5. The first-order valence-electron chi connectivity index (χ1n) is 12.5. The number of rotatable bonds is 14. The van der Waals surface area contributed by atoms with Gasteiger partial charge in [-0.2, -0.15) is 0 Å². The van der Waals surface area contributed by atoms with E-state index in [-0.39, 0.29) is 11.9 Å². The SMILES string of the molecule is CCCCCCOC(=O)c1ccc(C)c(Cc2cc(C(=O)OCCCCCC)ccc2C)c1. The van der Waals surface area contributed by atoms with Gasteiger partial charge in [-0.15, -0.1) is 0 Å². The van der Waals surface area contributed by atoms with Gasteiger partial charge in [0.25, 0.3) is 0 Å². The van der Waals surface area contributed by atoms with Crippen LogP contribution in [0, 0.1) is 13.8 Å². The highest BCUT2D eigenvalue weighted by atomic mass is 16.5. The van der Waals surface area contributed by atoms with Crippen LogP contribution in [0.4, 0.5) is 0 Å². The molecule has 0 atom stereocenters. The summed E-state index contributed by atoms with van der Waals surface area (Å²) in [6, 6.07) is 11.4. The fourth-order valence-corrected chi connectivity index (χ4v) is 3.74. The molecular weight excluding hydrogens is 412 g/mol. The minimum absolute atomic E-state index is 0.273. The highest BCUT2D eigenvalue weighted by Gasteiger charge is 2.13. The van der Waals surface area contributed by atoms with Gasteiger partial charge >= 0.3 is 11.9 Å². The van der Waals surface area contributed by atoms with E-state index in [0.717, 1.165) is 73.6 Å². The lowest BCUT2D eigenvalue weighted by molar-refractivity contribution is 0.0488. The molecule has 0 amide bonds. The number of hydrogen-bond acceptors (Lipinski definition) is 4. The van der Waals surface area contributed by atoms with E-state index in [0.29, 0.717) is 30.8 Å². The van der Waals surface area contributed by atoms with Crippen molar-refractivity contribution in [1.29, 1.82) is 0 Å². The average molecular weight is 453 g/mol. The predicted molar refractivity (Wildman–Crippen MR) is 134 cm³/mol. The van der Waals surface area contributed by atoms with Crippen LogP contribution < -0.4 is 0 Å². The number of carbonyl (C=O) groups excluding carboxylic acids is 2. The third kappa shape index (κ3) is 9.03. The van der Waals surface area contributed by atoms with Crippen molar-refractivity contribution in [3.05, 3.63) is 69.8 Å². The van der Waals surface area contributed by atoms with E-state index in [1.807, 2.05) is 50.2 Å². The summed E-state index contributed by atoms with van der Waals surface area (Å²) in [5, 5.41) is 0. The Balaban J connectivity index is 2.04. The fourth-order valence-electron chi connectivity index (χ4n) is 3.74. The molecule has 4 nitrogen and oxygen atoms in total. The van der Waals surface area contributed by atoms with Crippen LogP contribution in [0.25, 0.3) is 0 Å². The second kappa shape index (κ2) is 14.5. The van der Waals surface area contributed by atoms with Crippen LogP contribution in [0.2, 0.25) is 0 Å². The summed E-state index contributed by atoms with van der Waals surface area (Å²) in [6.07, 6.45) is 9.26. The van der Waals surface area contributed by atoms with Gasteiger partial charge in [0.1, 0.15) is 0 Å². The third-order valence-corrected chi connectivity index (χ3v) is 6.01. The lowest BCUT2D eigenvalue weighted by atomic mass is 9.94. The van der Waals surface area contributed by atoms with E-state index in [2.05, 4.69) is 13.8 Å². The maximum Gasteiger partial charge on any atom is 0.338 e. The molecule has 2 rings (SSSR count). The van der Waals surface area contributed by atoms with Crippen molar-refractivity contribution in [1.82, 2.24) is 0 Å². The molecule has 0 heterocycles. The second-order valence-electron chi connectivity index (χ2n) is 8.85. The van der Waals surface area contributed by atoms with E-state index >= 15 is 0 Å². The zero-order valence-corrected chi connectivity index (χ0v) is 20.9. The summed E-state index contributed by atoms with van der Waals surface area (Å²) in [6.45, 7) is 9.33. The standard InChI is InChI=1S/C29H40O4/c1-5-7-9-11-17-32-28(30)24-15-13-22(3)26(19-24)21-27-20-25(16-14-23(27)4)29(31)33-18-12-10-8-6-2/h13-16,19-20H,5-12,17-18,21H2,1-4H3. The Hall–Kier alpha value is -2.62. The van der Waals surface area contributed by atoms with E-state index in [1.54, 1.807) is 0 Å². The van der Waals surface area contributed by atoms with Crippen molar-refractivity contribution in [2.45, 2.75) is 85.5 Å². The Morgan fingerprint density at radius 3 is 1.45 bits per heavy atom. The van der Waals surface area contributed by atoms with Crippen molar-refractivity contribution in [2.24, 2.45) is 0 Å². The third-order valence-electron chi connectivity index (χ3n) is 6.01. The molecule has 0 aromatic heterocycles. The summed E-state index contributed by atoms with van der Waals surface area (Å²) in [5.74, 6) is -0.547. The minimum Gasteiger partial charge on any atom is -0.462 e. The zero-order chi connectivity index (χ0) is 24.1. The Labute approximate surface area is 199 Å². The Morgan fingerprint density at radius 2 is 1.06 bits per heavy atom. The Kier molecular flexibility index (Phi) is 11.7. The molecule has 2 aromatic carbocycles. The number of ether oxygens (including phenoxy) is 2. The van der Waals surface area contributed by atoms with E-state index < -0.39 is 0 Å². The van der Waals surface area contributed by atoms with Gasteiger partial charge in [-0.1, -0.05) is 64.5 Å². The van der Waals surface area contributed by atoms with Gasteiger partial charge in [0.05, 0.1) is 24.3 Å². The lowest BCUT2D eigenvalue weighted by Gasteiger charge is -2.13. The first kappa shape index (κ1) is 26.6. The van der Waals surface area contributed by atoms with Gasteiger partial charge in [-0.25, -0.2) is 9.59 Å². The van der Waals surface area contributed by atoms with Gasteiger partial charge in [-0.05, 0) is 79.6 Å². The normalized spacial score (nSPS) is 10.8. The average Bonchev–Trinajstić information content (AvgIpc) is 2.81. The first-order chi connectivity index (χ1) is 16.0. The summed E-state index contributed by atoms with van der Waals surface area (Å²) >= 11 is 0. The molecule has 0 bridgehead atoms. The topological polar surface area (TPSA) is 52.6 Å². The van der Waals surface area contributed by atoms with Crippen molar-refractivity contribution in [2.75, 3.05) is 13.2 Å². The van der Waals surface area contributed by atoms with E-state index in [1.165, 1.54) is 0 Å². The van der Waals surface area contributed by atoms with E-state index in [4.69, 9.17) is 9.47 Å². The molecular formula is C29H40O4. The van der Waals surface area contributed by atoms with Crippen LogP contribution in [-0.4, -0.2) is 25.2 Å². The molecule has 33 heavy (non-hydrogen) atoms. The van der Waals surface area contributed by atoms with Gasteiger partial charge < -0.3 is 9.47 Å². The second-order valence-corrected chi connectivity index (χ2v) is 8.85. The molecule has 0 aliphatic heterocycles. The van der Waals surface area contributed by atoms with Crippen LogP contribution in [0.3, 0.4) is 0 Å². The maximum atomic E-state index is 12.5. The Bertz CT molecular complexity index is 827. The molecule has 0 aliphatic rings. The fraction of sp³-hybridized carbons (Fsp3) is 0.517. The molecule has 180 valence electrons. The highest BCUT2D eigenvalue weighted by Crippen LogP contribution is 2.21. The van der Waals surface area contributed by atoms with Crippen molar-refractivity contribution in [3.63, 3.8) is 0 Å². The molecule has 0 N–H and O–H groups in total. The highest BCUT2D eigenvalue weighted by molar-refractivity contribution is 5.90. The molecule has 2 aromatic rings. The number of esters is 2. The molecule has 4 heteroatoms. The number of hydrogen-bond donors (Lipinski definition) is 0. The summed E-state index contributed by atoms with van der Waals surface area (Å²) in [5.41, 5.74) is 5.49. The summed E-state index contributed by atoms with van der Waals surface area (Å²) in [7, 11) is 0. The predicted octanol–water partition coefficient (Wildman–Crippen LogP) is 7.37. The smallest absolute Gasteiger partial charge is 0.338 e. The van der Waals surface area contributed by atoms with Crippen molar-refractivity contribution in [3.8, 4) is 0 Å². The van der Waals surface area contributed by atoms with Gasteiger partial charge in [0.2, 0.25) is 0 Å². The van der Waals surface area contributed by atoms with Crippen molar-refractivity contribution < 1.29 is 19.1 Å². The molecule has 0 saturated heterocycles. The molecule has 0 spiro atoms. The number of carbonyl (C=O) groups is 2. The van der Waals surface area contributed by atoms with Crippen LogP contribution in [0.15, 0.2) is 36.4 Å². The van der Waals surface area contributed by atoms with Crippen LogP contribution >= 0.6 is 0 Å². The van der Waals surface area contributed by atoms with Gasteiger partial charge in [-0.3, -0.25) is 0 Å². The Morgan fingerprint density at radius 1 is 0.636 bits per heavy atom. The molecule has 0 saturated carbocycles. The van der Waals surface area contributed by atoms with Gasteiger partial charge in [0, 0.05) is 0 Å². The summed E-state index contributed by atoms with van der Waals surface area (Å²) in [4.78, 5) is 25.0. The molecule has 0 fully saturated rings. The lowest BCUT2D eigenvalue weighted by Crippen LogP contribution is -2.09. The molecule has 0 unspecified atom stereocenters. The summed E-state index contributed by atoms with van der Waals surface area (Å²) < 4.78 is 10.9. The monoisotopic (exact) mass is 452 g/mol. The van der Waals surface area contributed by atoms with Crippen molar-refractivity contribution >= 4 is 11.9 Å². The van der Waals surface area contributed by atoms with Crippen LogP contribution in [-0.2, 0) is 15.9 Å². The van der Waals surface area contributed by atoms with E-state index in [9.17, 15) is 9.59 Å². The van der Waals surface area contributed by atoms with Crippen LogP contribution in [0.1, 0.15) is 108 Å². The maximum absolute atomic E-state index is 12.5. The van der Waals surface area contributed by atoms with Gasteiger partial charge in [0.15, 0.2) is 0 Å². The van der Waals surface area contributed by atoms with Crippen LogP contribution in [0.5, 0.6) is 0 Å².